The van der Waals surface area contributed by atoms with Gasteiger partial charge in [-0.05, 0) is 36.4 Å². The number of rotatable bonds is 4. The Bertz CT molecular complexity index is 626. The Morgan fingerprint density at radius 1 is 1.24 bits per heavy atom. The maximum Gasteiger partial charge on any atom is 0.251 e. The number of hydrogen-bond donors (Lipinski definition) is 2. The second kappa shape index (κ2) is 6.51. The molecule has 1 heterocycles. The van der Waals surface area contributed by atoms with E-state index in [1.54, 1.807) is 55.8 Å². The second-order valence-electron chi connectivity index (χ2n) is 4.47. The molecule has 2 amide bonds. The third-order valence-electron chi connectivity index (χ3n) is 2.98. The van der Waals surface area contributed by atoms with Crippen molar-refractivity contribution in [3.63, 3.8) is 0 Å². The first-order chi connectivity index (χ1) is 10.1. The Labute approximate surface area is 122 Å². The summed E-state index contributed by atoms with van der Waals surface area (Å²) in [5, 5.41) is 2.58. The first-order valence-electron chi connectivity index (χ1n) is 6.38. The molecule has 0 aliphatic carbocycles. The number of carbonyl (C=O) groups excluding carboxylic acids is 2. The van der Waals surface area contributed by atoms with E-state index in [1.165, 1.54) is 4.90 Å². The van der Waals surface area contributed by atoms with Gasteiger partial charge >= 0.3 is 0 Å². The van der Waals surface area contributed by atoms with E-state index in [-0.39, 0.29) is 18.4 Å². The van der Waals surface area contributed by atoms with Crippen molar-refractivity contribution in [3.8, 4) is 0 Å². The Kier molecular flexibility index (Phi) is 4.50. The van der Waals surface area contributed by atoms with Crippen LogP contribution in [-0.4, -0.2) is 30.4 Å². The number of benzene rings is 1. The Morgan fingerprint density at radius 3 is 2.57 bits per heavy atom. The molecule has 6 heteroatoms. The maximum atomic E-state index is 12.0. The maximum absolute atomic E-state index is 12.0. The van der Waals surface area contributed by atoms with E-state index in [9.17, 15) is 9.59 Å². The van der Waals surface area contributed by atoms with Crippen molar-refractivity contribution in [2.75, 3.05) is 24.2 Å². The van der Waals surface area contributed by atoms with Crippen LogP contribution in [0.15, 0.2) is 48.8 Å². The standard InChI is InChI=1S/C15H16N4O2/c1-19(13-3-2-8-17-9-13)14(20)10-18-15(21)11-4-6-12(16)7-5-11/h2-9H,10,16H2,1H3,(H,18,21). The van der Waals surface area contributed by atoms with Gasteiger partial charge in [0, 0.05) is 24.5 Å². The molecule has 2 aromatic rings. The number of nitrogens with zero attached hydrogens (tertiary/aromatic N) is 2. The van der Waals surface area contributed by atoms with Crippen molar-refractivity contribution < 1.29 is 9.59 Å². The van der Waals surface area contributed by atoms with E-state index in [2.05, 4.69) is 10.3 Å². The van der Waals surface area contributed by atoms with Gasteiger partial charge in [0.2, 0.25) is 5.91 Å². The lowest BCUT2D eigenvalue weighted by molar-refractivity contribution is -0.117. The molecule has 0 saturated heterocycles. The van der Waals surface area contributed by atoms with Crippen LogP contribution in [0.4, 0.5) is 11.4 Å². The van der Waals surface area contributed by atoms with Crippen LogP contribution in [0.2, 0.25) is 0 Å². The van der Waals surface area contributed by atoms with E-state index in [1.807, 2.05) is 0 Å². The van der Waals surface area contributed by atoms with Crippen LogP contribution < -0.4 is 16.0 Å². The van der Waals surface area contributed by atoms with Gasteiger partial charge in [0.25, 0.3) is 5.91 Å². The number of nitrogens with two attached hydrogens (primary N) is 1. The predicted molar refractivity (Wildman–Crippen MR) is 80.8 cm³/mol. The molecule has 1 aromatic heterocycles. The number of aromatic nitrogens is 1. The van der Waals surface area contributed by atoms with Gasteiger partial charge in [0.05, 0.1) is 18.4 Å². The number of hydrogen-bond acceptors (Lipinski definition) is 4. The van der Waals surface area contributed by atoms with Gasteiger partial charge in [-0.3, -0.25) is 14.6 Å². The van der Waals surface area contributed by atoms with Gasteiger partial charge in [0.15, 0.2) is 0 Å². The van der Waals surface area contributed by atoms with Crippen molar-refractivity contribution >= 4 is 23.2 Å². The zero-order chi connectivity index (χ0) is 15.2. The number of nitrogens with one attached hydrogen (secondary N) is 1. The molecule has 0 fully saturated rings. The summed E-state index contributed by atoms with van der Waals surface area (Å²) in [6.45, 7) is -0.0887. The van der Waals surface area contributed by atoms with Gasteiger partial charge in [-0.1, -0.05) is 0 Å². The SMILES string of the molecule is CN(C(=O)CNC(=O)c1ccc(N)cc1)c1cccnc1. The van der Waals surface area contributed by atoms with E-state index >= 15 is 0 Å². The van der Waals surface area contributed by atoms with Gasteiger partial charge in [-0.15, -0.1) is 0 Å². The fourth-order valence-corrected chi connectivity index (χ4v) is 1.71. The zero-order valence-electron chi connectivity index (χ0n) is 11.6. The molecule has 0 atom stereocenters. The van der Waals surface area contributed by atoms with E-state index < -0.39 is 0 Å². The minimum atomic E-state index is -0.317. The van der Waals surface area contributed by atoms with Crippen molar-refractivity contribution in [3.05, 3.63) is 54.4 Å². The van der Waals surface area contributed by atoms with Gasteiger partial charge in [-0.2, -0.15) is 0 Å². The summed E-state index contributed by atoms with van der Waals surface area (Å²) >= 11 is 0. The lowest BCUT2D eigenvalue weighted by atomic mass is 10.2. The number of anilines is 2. The Hall–Kier alpha value is -2.89. The lowest BCUT2D eigenvalue weighted by Crippen LogP contribution is -2.38. The van der Waals surface area contributed by atoms with Crippen LogP contribution in [-0.2, 0) is 4.79 Å². The quantitative estimate of drug-likeness (QED) is 0.822. The van der Waals surface area contributed by atoms with Crippen LogP contribution in [0.25, 0.3) is 0 Å². The Balaban J connectivity index is 1.92. The van der Waals surface area contributed by atoms with Crippen LogP contribution in [0.5, 0.6) is 0 Å². The number of carbonyl (C=O) groups is 2. The molecule has 1 aromatic carbocycles. The second-order valence-corrected chi connectivity index (χ2v) is 4.47. The molecule has 108 valence electrons. The van der Waals surface area contributed by atoms with Crippen molar-refractivity contribution in [1.29, 1.82) is 0 Å². The van der Waals surface area contributed by atoms with Crippen LogP contribution in [0.3, 0.4) is 0 Å². The van der Waals surface area contributed by atoms with Crippen molar-refractivity contribution in [2.45, 2.75) is 0 Å². The van der Waals surface area contributed by atoms with Crippen LogP contribution in [0.1, 0.15) is 10.4 Å². The summed E-state index contributed by atoms with van der Waals surface area (Å²) in [4.78, 5) is 29.3. The van der Waals surface area contributed by atoms with Crippen LogP contribution >= 0.6 is 0 Å². The number of amides is 2. The molecule has 0 saturated carbocycles. The highest BCUT2D eigenvalue weighted by molar-refractivity contribution is 6.00. The number of nitrogen functional groups attached to an aromatic ring is 1. The van der Waals surface area contributed by atoms with Gasteiger partial charge < -0.3 is 16.0 Å². The molecule has 6 nitrogen and oxygen atoms in total. The summed E-state index contributed by atoms with van der Waals surface area (Å²) in [5.74, 6) is -0.547. The molecule has 3 N–H and O–H groups in total. The van der Waals surface area contributed by atoms with Crippen LogP contribution in [0, 0.1) is 0 Å². The molecular formula is C15H16N4O2. The predicted octanol–water partition coefficient (Wildman–Crippen LogP) is 1.06. The van der Waals surface area contributed by atoms with E-state index in [0.717, 1.165) is 0 Å². The monoisotopic (exact) mass is 284 g/mol. The van der Waals surface area contributed by atoms with Crippen molar-refractivity contribution in [2.24, 2.45) is 0 Å². The molecule has 21 heavy (non-hydrogen) atoms. The number of likely N-dealkylation sites (N-methyl/N-ethyl adjacent to an activating group) is 1. The number of pyridine rings is 1. The largest absolute Gasteiger partial charge is 0.399 e. The molecule has 2 rings (SSSR count). The highest BCUT2D eigenvalue weighted by Gasteiger charge is 2.13. The topological polar surface area (TPSA) is 88.3 Å². The minimum absolute atomic E-state index is 0.0887. The summed E-state index contributed by atoms with van der Waals surface area (Å²) in [7, 11) is 1.63. The summed E-state index contributed by atoms with van der Waals surface area (Å²) in [6.07, 6.45) is 3.21. The molecule has 0 aliphatic heterocycles. The smallest absolute Gasteiger partial charge is 0.251 e. The highest BCUT2D eigenvalue weighted by atomic mass is 16.2. The molecule has 0 spiro atoms. The minimum Gasteiger partial charge on any atom is -0.399 e. The third-order valence-corrected chi connectivity index (χ3v) is 2.98. The first-order valence-corrected chi connectivity index (χ1v) is 6.38. The molecule has 0 unspecified atom stereocenters. The fourth-order valence-electron chi connectivity index (χ4n) is 1.71. The van der Waals surface area contributed by atoms with Gasteiger partial charge in [0.1, 0.15) is 0 Å². The van der Waals surface area contributed by atoms with E-state index in [0.29, 0.717) is 16.9 Å². The zero-order valence-corrected chi connectivity index (χ0v) is 11.6. The van der Waals surface area contributed by atoms with Crippen molar-refractivity contribution in [1.82, 2.24) is 10.3 Å². The normalized spacial score (nSPS) is 9.95. The molecular weight excluding hydrogens is 268 g/mol. The molecule has 0 bridgehead atoms. The van der Waals surface area contributed by atoms with Gasteiger partial charge in [-0.25, -0.2) is 0 Å². The Morgan fingerprint density at radius 2 is 1.95 bits per heavy atom. The average molecular weight is 284 g/mol. The summed E-state index contributed by atoms with van der Waals surface area (Å²) in [5.41, 5.74) is 7.27. The molecule has 0 aliphatic rings. The molecule has 0 radical (unpaired) electrons. The third kappa shape index (κ3) is 3.79. The lowest BCUT2D eigenvalue weighted by Gasteiger charge is -2.17. The summed E-state index contributed by atoms with van der Waals surface area (Å²) < 4.78 is 0. The van der Waals surface area contributed by atoms with E-state index in [4.69, 9.17) is 5.73 Å². The first kappa shape index (κ1) is 14.5. The average Bonchev–Trinajstić information content (AvgIpc) is 2.53. The summed E-state index contributed by atoms with van der Waals surface area (Å²) in [6, 6.07) is 10.0. The highest BCUT2D eigenvalue weighted by Crippen LogP contribution is 2.09. The fraction of sp³-hybridized carbons (Fsp3) is 0.133.